The third-order valence-electron chi connectivity index (χ3n) is 11.9. The van der Waals surface area contributed by atoms with Gasteiger partial charge in [0, 0.05) is 39.4 Å². The highest BCUT2D eigenvalue weighted by Crippen LogP contribution is 2.30. The van der Waals surface area contributed by atoms with Crippen molar-refractivity contribution in [1.29, 1.82) is 0 Å². The molecule has 2 heterocycles. The SMILES string of the molecule is CC[C@H](C)C([C@@H](CC(=O)N1CCC[C@H]1[C@H](OC)[C@@H](C)C(=O)N[C@@H](Cc1ccccc1)c1nccs1)OC)N(C)C(=O)[C@@H](NC(=O)C(C(C)C)N(C)CCCN)C(C)C. The van der Waals surface area contributed by atoms with E-state index in [0.717, 1.165) is 29.8 Å². The summed E-state index contributed by atoms with van der Waals surface area (Å²) in [5.74, 6) is -1.45. The number of nitrogens with one attached hydrogen (secondary N) is 2. The van der Waals surface area contributed by atoms with Crippen LogP contribution < -0.4 is 16.4 Å². The number of thiazole rings is 1. The summed E-state index contributed by atoms with van der Waals surface area (Å²) in [6.45, 7) is 15.6. The van der Waals surface area contributed by atoms with Gasteiger partial charge in [0.2, 0.25) is 23.6 Å². The van der Waals surface area contributed by atoms with Gasteiger partial charge >= 0.3 is 0 Å². The standard InChI is InChI=1S/C44H73N7O6S/c1-12-30(6)39(50(9)44(55)37(28(2)3)48-42(54)38(29(4)5)49(8)23-17-21-45)35(56-10)27-36(52)51-24-16-20-34(51)40(57-11)31(7)41(53)47-33(43-46-22-25-58-43)26-32-18-14-13-15-19-32/h13-15,18-19,22,25,28-31,33-35,37-40H,12,16-17,20-21,23-24,26-27,45H2,1-11H3,(H,47,53)(H,48,54)/t30-,31+,33-,34-,35+,37-,38?,39?,40+/m0/s1. The van der Waals surface area contributed by atoms with Gasteiger partial charge in [-0.25, -0.2) is 4.98 Å². The summed E-state index contributed by atoms with van der Waals surface area (Å²) in [5, 5.41) is 9.07. The normalized spacial score (nSPS) is 18.7. The van der Waals surface area contributed by atoms with Gasteiger partial charge < -0.3 is 35.6 Å². The predicted molar refractivity (Wildman–Crippen MR) is 231 cm³/mol. The molecule has 9 atom stereocenters. The Morgan fingerprint density at radius 1 is 0.983 bits per heavy atom. The van der Waals surface area contributed by atoms with Gasteiger partial charge in [0.05, 0.1) is 48.7 Å². The lowest BCUT2D eigenvalue weighted by molar-refractivity contribution is -0.148. The maximum absolute atomic E-state index is 14.4. The second-order valence-electron chi connectivity index (χ2n) is 16.8. The first-order chi connectivity index (χ1) is 27.6. The third-order valence-corrected chi connectivity index (χ3v) is 12.8. The zero-order valence-corrected chi connectivity index (χ0v) is 37.8. The van der Waals surface area contributed by atoms with E-state index in [-0.39, 0.29) is 59.9 Å². The molecule has 1 fully saturated rings. The molecule has 13 nitrogen and oxygen atoms in total. The van der Waals surface area contributed by atoms with Crippen molar-refractivity contribution in [1.82, 2.24) is 30.3 Å². The second-order valence-corrected chi connectivity index (χ2v) is 17.7. The topological polar surface area (TPSA) is 159 Å². The fourth-order valence-corrected chi connectivity index (χ4v) is 9.22. The Balaban J connectivity index is 1.79. The minimum Gasteiger partial charge on any atom is -0.379 e. The highest BCUT2D eigenvalue weighted by molar-refractivity contribution is 7.09. The highest BCUT2D eigenvalue weighted by atomic mass is 32.1. The first kappa shape index (κ1) is 48.9. The number of nitrogens with zero attached hydrogens (tertiary/aromatic N) is 4. The number of ether oxygens (including phenoxy) is 2. The lowest BCUT2D eigenvalue weighted by Crippen LogP contribution is -2.60. The van der Waals surface area contributed by atoms with Crippen molar-refractivity contribution in [2.75, 3.05) is 47.9 Å². The molecule has 1 aromatic heterocycles. The molecule has 4 N–H and O–H groups in total. The second kappa shape index (κ2) is 24.0. The molecule has 1 aromatic carbocycles. The van der Waals surface area contributed by atoms with Crippen LogP contribution in [0, 0.1) is 23.7 Å². The molecule has 326 valence electrons. The minimum absolute atomic E-state index is 0.0183. The van der Waals surface area contributed by atoms with Crippen molar-refractivity contribution in [3.8, 4) is 0 Å². The average Bonchev–Trinajstić information content (AvgIpc) is 3.92. The van der Waals surface area contributed by atoms with Crippen molar-refractivity contribution in [2.45, 2.75) is 129 Å². The zero-order chi connectivity index (χ0) is 43.1. The van der Waals surface area contributed by atoms with E-state index in [1.165, 1.54) is 11.3 Å². The Morgan fingerprint density at radius 2 is 1.67 bits per heavy atom. The summed E-state index contributed by atoms with van der Waals surface area (Å²) in [7, 11) is 6.85. The van der Waals surface area contributed by atoms with Crippen molar-refractivity contribution in [3.05, 3.63) is 52.5 Å². The molecule has 58 heavy (non-hydrogen) atoms. The van der Waals surface area contributed by atoms with Crippen LogP contribution in [0.25, 0.3) is 0 Å². The number of hydrogen-bond acceptors (Lipinski definition) is 10. The quantitative estimate of drug-likeness (QED) is 0.134. The number of carbonyl (C=O) groups excluding carboxylic acids is 4. The molecule has 1 saturated heterocycles. The van der Waals surface area contributed by atoms with E-state index in [0.29, 0.717) is 32.5 Å². The number of rotatable bonds is 24. The molecule has 14 heteroatoms. The first-order valence-corrected chi connectivity index (χ1v) is 22.0. The monoisotopic (exact) mass is 828 g/mol. The van der Waals surface area contributed by atoms with Crippen LogP contribution in [0.4, 0.5) is 0 Å². The van der Waals surface area contributed by atoms with Gasteiger partial charge in [0.15, 0.2) is 0 Å². The smallest absolute Gasteiger partial charge is 0.245 e. The van der Waals surface area contributed by atoms with E-state index in [9.17, 15) is 19.2 Å². The molecule has 0 saturated carbocycles. The van der Waals surface area contributed by atoms with E-state index >= 15 is 0 Å². The van der Waals surface area contributed by atoms with Gasteiger partial charge in [0.25, 0.3) is 0 Å². The first-order valence-electron chi connectivity index (χ1n) is 21.2. The van der Waals surface area contributed by atoms with Gasteiger partial charge in [0.1, 0.15) is 11.0 Å². The number of benzene rings is 1. The molecule has 0 bridgehead atoms. The predicted octanol–water partition coefficient (Wildman–Crippen LogP) is 4.91. The van der Waals surface area contributed by atoms with Gasteiger partial charge in [-0.15, -0.1) is 11.3 Å². The largest absolute Gasteiger partial charge is 0.379 e. The molecule has 4 amide bonds. The van der Waals surface area contributed by atoms with Crippen LogP contribution in [0.15, 0.2) is 41.9 Å². The van der Waals surface area contributed by atoms with Crippen LogP contribution in [0.1, 0.15) is 97.2 Å². The maximum Gasteiger partial charge on any atom is 0.245 e. The number of methoxy groups -OCH3 is 2. The zero-order valence-electron chi connectivity index (χ0n) is 37.0. The summed E-state index contributed by atoms with van der Waals surface area (Å²) in [6.07, 6.45) is 4.20. The number of amides is 4. The molecule has 3 rings (SSSR count). The summed E-state index contributed by atoms with van der Waals surface area (Å²) in [4.78, 5) is 66.5. The summed E-state index contributed by atoms with van der Waals surface area (Å²) >= 11 is 1.51. The molecule has 1 aliphatic heterocycles. The van der Waals surface area contributed by atoms with Gasteiger partial charge in [-0.3, -0.25) is 24.1 Å². The van der Waals surface area contributed by atoms with Crippen LogP contribution in [0.3, 0.4) is 0 Å². The van der Waals surface area contributed by atoms with Crippen molar-refractivity contribution >= 4 is 35.0 Å². The van der Waals surface area contributed by atoms with E-state index in [1.54, 1.807) is 32.4 Å². The number of aromatic nitrogens is 1. The van der Waals surface area contributed by atoms with E-state index in [2.05, 4.69) is 29.5 Å². The number of nitrogens with two attached hydrogens (primary N) is 1. The fourth-order valence-electron chi connectivity index (χ4n) is 8.53. The molecule has 1 aliphatic rings. The van der Waals surface area contributed by atoms with Gasteiger partial charge in [-0.2, -0.15) is 0 Å². The molecule has 2 aromatic rings. The molecule has 0 radical (unpaired) electrons. The van der Waals surface area contributed by atoms with Crippen LogP contribution in [-0.2, 0) is 35.1 Å². The van der Waals surface area contributed by atoms with Crippen LogP contribution in [-0.4, -0.2) is 128 Å². The third kappa shape index (κ3) is 13.0. The van der Waals surface area contributed by atoms with Crippen molar-refractivity contribution in [2.24, 2.45) is 29.4 Å². The number of carbonyl (C=O) groups is 4. The average molecular weight is 828 g/mol. The summed E-state index contributed by atoms with van der Waals surface area (Å²) in [6, 6.07) is 7.74. The number of hydrogen-bond donors (Lipinski definition) is 3. The molecule has 2 unspecified atom stereocenters. The van der Waals surface area contributed by atoms with Gasteiger partial charge in [-0.1, -0.05) is 85.2 Å². The number of likely N-dealkylation sites (tertiary alicyclic amines) is 1. The Hall–Kier alpha value is -3.43. The van der Waals surface area contributed by atoms with Crippen molar-refractivity contribution in [3.63, 3.8) is 0 Å². The van der Waals surface area contributed by atoms with Crippen LogP contribution in [0.5, 0.6) is 0 Å². The Kier molecular flexibility index (Phi) is 20.2. The van der Waals surface area contributed by atoms with E-state index in [1.807, 2.05) is 87.2 Å². The number of likely N-dealkylation sites (N-methyl/N-ethyl adjacent to an activating group) is 2. The fraction of sp³-hybridized carbons (Fsp3) is 0.705. The molecule has 0 aliphatic carbocycles. The summed E-state index contributed by atoms with van der Waals surface area (Å²) < 4.78 is 12.1. The van der Waals surface area contributed by atoms with E-state index < -0.39 is 36.3 Å². The Bertz CT molecular complexity index is 1550. The Labute approximate surface area is 352 Å². The minimum atomic E-state index is -0.776. The van der Waals surface area contributed by atoms with Crippen molar-refractivity contribution < 1.29 is 28.7 Å². The lowest BCUT2D eigenvalue weighted by atomic mass is 9.89. The van der Waals surface area contributed by atoms with Crippen LogP contribution in [0.2, 0.25) is 0 Å². The van der Waals surface area contributed by atoms with Crippen LogP contribution >= 0.6 is 11.3 Å². The maximum atomic E-state index is 14.4. The highest BCUT2D eigenvalue weighted by Gasteiger charge is 2.43. The molecular weight excluding hydrogens is 755 g/mol. The van der Waals surface area contributed by atoms with E-state index in [4.69, 9.17) is 15.2 Å². The summed E-state index contributed by atoms with van der Waals surface area (Å²) in [5.41, 5.74) is 6.84. The molecule has 0 spiro atoms. The Morgan fingerprint density at radius 3 is 2.22 bits per heavy atom. The van der Waals surface area contributed by atoms with Gasteiger partial charge in [-0.05, 0) is 69.1 Å². The molecular formula is C44H73N7O6S. The lowest BCUT2D eigenvalue weighted by Gasteiger charge is -2.41.